The Morgan fingerprint density at radius 1 is 1.27 bits per heavy atom. The fourth-order valence-electron chi connectivity index (χ4n) is 3.98. The number of hydrogen-bond acceptors (Lipinski definition) is 8. The van der Waals surface area contributed by atoms with Crippen LogP contribution in [0.2, 0.25) is 5.02 Å². The van der Waals surface area contributed by atoms with Crippen LogP contribution in [-0.4, -0.2) is 60.9 Å². The highest BCUT2D eigenvalue weighted by atomic mass is 35.5. The zero-order chi connectivity index (χ0) is 22.6. The van der Waals surface area contributed by atoms with Crippen molar-refractivity contribution in [1.82, 2.24) is 9.55 Å². The molecule has 0 bridgehead atoms. The highest BCUT2D eigenvalue weighted by molar-refractivity contribution is 7.98. The number of nitrogens with one attached hydrogen (secondary N) is 1. The number of ketones is 2. The first kappa shape index (κ1) is 23.0. The maximum atomic E-state index is 12.7. The minimum atomic E-state index is -2.52. The summed E-state index contributed by atoms with van der Waals surface area (Å²) in [7, 11) is 0. The van der Waals surface area contributed by atoms with Gasteiger partial charge in [0, 0.05) is 10.9 Å². The maximum absolute atomic E-state index is 12.7. The monoisotopic (exact) mass is 455 g/mol. The highest BCUT2D eigenvalue weighted by Crippen LogP contribution is 2.49. The Kier molecular flexibility index (Phi) is 5.98. The Balaban J connectivity index is 2.35. The van der Waals surface area contributed by atoms with E-state index >= 15 is 0 Å². The first-order valence-electron chi connectivity index (χ1n) is 9.53. The van der Waals surface area contributed by atoms with Crippen molar-refractivity contribution in [3.05, 3.63) is 17.2 Å². The molecule has 0 saturated carbocycles. The molecule has 1 saturated heterocycles. The molecule has 1 aromatic heterocycles. The van der Waals surface area contributed by atoms with Crippen molar-refractivity contribution in [1.29, 1.82) is 0 Å². The summed E-state index contributed by atoms with van der Waals surface area (Å²) in [5.41, 5.74) is -3.89. The third-order valence-electron chi connectivity index (χ3n) is 5.55. The molecule has 1 aromatic carbocycles. The number of anilines is 1. The Morgan fingerprint density at radius 2 is 1.87 bits per heavy atom. The minimum absolute atomic E-state index is 0.0352. The van der Waals surface area contributed by atoms with E-state index in [1.807, 2.05) is 20.1 Å². The molecular formula is C20H26ClN3O5S. The molecular weight excluding hydrogens is 430 g/mol. The molecule has 3 N–H and O–H groups in total. The quantitative estimate of drug-likeness (QED) is 0.570. The first-order chi connectivity index (χ1) is 13.9. The lowest BCUT2D eigenvalue weighted by Crippen LogP contribution is -2.65. The fourth-order valence-corrected chi connectivity index (χ4v) is 4.86. The van der Waals surface area contributed by atoms with Crippen LogP contribution in [0.3, 0.4) is 0 Å². The highest BCUT2D eigenvalue weighted by Gasteiger charge is 2.71. The summed E-state index contributed by atoms with van der Waals surface area (Å²) in [5.74, 6) is -1.24. The summed E-state index contributed by atoms with van der Waals surface area (Å²) in [6.07, 6.45) is -0.652. The van der Waals surface area contributed by atoms with Gasteiger partial charge in [-0.25, -0.2) is 4.98 Å². The van der Waals surface area contributed by atoms with E-state index in [0.717, 1.165) is 18.7 Å². The molecule has 0 amide bonds. The number of rotatable bonds is 6. The lowest BCUT2D eigenvalue weighted by Gasteiger charge is -2.37. The van der Waals surface area contributed by atoms with Crippen molar-refractivity contribution in [2.24, 2.45) is 0 Å². The van der Waals surface area contributed by atoms with E-state index in [-0.39, 0.29) is 6.04 Å². The fraction of sp³-hybridized carbons (Fsp3) is 0.550. The second-order valence-corrected chi connectivity index (χ2v) is 9.11. The van der Waals surface area contributed by atoms with Crippen molar-refractivity contribution in [2.75, 3.05) is 11.6 Å². The van der Waals surface area contributed by atoms with Gasteiger partial charge in [0.1, 0.15) is 0 Å². The number of aliphatic hydroxyl groups is 2. The normalized spacial score (nSPS) is 29.0. The molecule has 164 valence electrons. The Hall–Kier alpha value is -1.65. The van der Waals surface area contributed by atoms with Gasteiger partial charge in [-0.2, -0.15) is 0 Å². The lowest BCUT2D eigenvalue weighted by atomic mass is 9.75. The molecule has 0 unspecified atom stereocenters. The number of hydrogen-bond donors (Lipinski definition) is 3. The predicted octanol–water partition coefficient (Wildman–Crippen LogP) is 2.79. The van der Waals surface area contributed by atoms with Crippen molar-refractivity contribution in [3.8, 4) is 0 Å². The molecule has 4 atom stereocenters. The van der Waals surface area contributed by atoms with Gasteiger partial charge in [0.05, 0.1) is 22.2 Å². The van der Waals surface area contributed by atoms with Crippen LogP contribution in [0.1, 0.15) is 40.8 Å². The number of halogens is 1. The SMILES string of the molecule is CSc1cc2nc(NC(C)C)n([C@@H]3O[C@H](C)[C@](O)(C(C)=O)[C@]3(O)C(C)=O)c2cc1Cl. The molecule has 30 heavy (non-hydrogen) atoms. The van der Waals surface area contributed by atoms with Crippen molar-refractivity contribution < 1.29 is 24.5 Å². The molecule has 0 radical (unpaired) electrons. The molecule has 3 rings (SSSR count). The molecule has 8 nitrogen and oxygen atoms in total. The van der Waals surface area contributed by atoms with Gasteiger partial charge in [-0.15, -0.1) is 11.8 Å². The van der Waals surface area contributed by atoms with Gasteiger partial charge >= 0.3 is 0 Å². The number of thioether (sulfide) groups is 1. The zero-order valence-corrected chi connectivity index (χ0v) is 19.3. The zero-order valence-electron chi connectivity index (χ0n) is 17.7. The van der Waals surface area contributed by atoms with Crippen LogP contribution in [0.15, 0.2) is 17.0 Å². The average Bonchev–Trinajstić information content (AvgIpc) is 3.08. The number of carbonyl (C=O) groups is 2. The Bertz CT molecular complexity index is 1030. The topological polar surface area (TPSA) is 114 Å². The van der Waals surface area contributed by atoms with Crippen LogP contribution >= 0.6 is 23.4 Å². The largest absolute Gasteiger partial charge is 0.376 e. The van der Waals surface area contributed by atoms with E-state index in [2.05, 4.69) is 10.3 Å². The van der Waals surface area contributed by atoms with Crippen LogP contribution in [0.4, 0.5) is 5.95 Å². The number of carbonyl (C=O) groups excluding carboxylic acids is 2. The molecule has 1 aliphatic heterocycles. The molecule has 1 aliphatic rings. The molecule has 10 heteroatoms. The van der Waals surface area contributed by atoms with Crippen LogP contribution < -0.4 is 5.32 Å². The third kappa shape index (κ3) is 3.15. The summed E-state index contributed by atoms with van der Waals surface area (Å²) in [5, 5.41) is 26.3. The number of imidazole rings is 1. The second kappa shape index (κ2) is 7.80. The van der Waals surface area contributed by atoms with Gasteiger partial charge in [-0.3, -0.25) is 14.2 Å². The number of aromatic nitrogens is 2. The number of fused-ring (bicyclic) bond motifs is 1. The summed E-state index contributed by atoms with van der Waals surface area (Å²) in [4.78, 5) is 30.4. The molecule has 0 aliphatic carbocycles. The second-order valence-electron chi connectivity index (χ2n) is 7.86. The maximum Gasteiger partial charge on any atom is 0.206 e. The number of nitrogens with zero attached hydrogens (tertiary/aromatic N) is 2. The lowest BCUT2D eigenvalue weighted by molar-refractivity contribution is -0.180. The predicted molar refractivity (Wildman–Crippen MR) is 116 cm³/mol. The molecule has 0 spiro atoms. The number of Topliss-reactive ketones (excluding diaryl/α,β-unsaturated/α-hetero) is 2. The molecule has 1 fully saturated rings. The van der Waals surface area contributed by atoms with Crippen molar-refractivity contribution >= 4 is 51.9 Å². The molecule has 2 heterocycles. The van der Waals surface area contributed by atoms with Crippen molar-refractivity contribution in [3.63, 3.8) is 0 Å². The van der Waals surface area contributed by atoms with Crippen LogP contribution in [-0.2, 0) is 14.3 Å². The Labute approximate surface area is 183 Å². The number of ether oxygens (including phenoxy) is 1. The molecule has 2 aromatic rings. The van der Waals surface area contributed by atoms with Gasteiger partial charge in [0.15, 0.2) is 23.4 Å². The standard InChI is InChI=1S/C20H26ClN3O5S/c1-9(2)22-18-23-14-8-16(30-6)13(21)7-15(14)24(18)17-20(28,11(4)26)19(27,10(3)25)12(5)29-17/h7-9,12,17,27-28H,1-6H3,(H,22,23)/t12-,17-,19-,20+/m1/s1. The van der Waals surface area contributed by atoms with Crippen molar-refractivity contribution in [2.45, 2.75) is 69.1 Å². The summed E-state index contributed by atoms with van der Waals surface area (Å²) in [6, 6.07) is 3.43. The van der Waals surface area contributed by atoms with Gasteiger partial charge in [0.2, 0.25) is 11.5 Å². The van der Waals surface area contributed by atoms with Gasteiger partial charge < -0.3 is 20.3 Å². The van der Waals surface area contributed by atoms with E-state index in [9.17, 15) is 19.8 Å². The van der Waals surface area contributed by atoms with E-state index in [1.54, 1.807) is 12.1 Å². The Morgan fingerprint density at radius 3 is 2.37 bits per heavy atom. The first-order valence-corrected chi connectivity index (χ1v) is 11.1. The summed E-state index contributed by atoms with van der Waals surface area (Å²) >= 11 is 7.87. The number of benzene rings is 1. The van der Waals surface area contributed by atoms with Crippen LogP contribution in [0, 0.1) is 0 Å². The van der Waals surface area contributed by atoms with E-state index in [1.165, 1.54) is 23.3 Å². The summed E-state index contributed by atoms with van der Waals surface area (Å²) < 4.78 is 7.37. The van der Waals surface area contributed by atoms with Crippen LogP contribution in [0.5, 0.6) is 0 Å². The van der Waals surface area contributed by atoms with E-state index in [0.29, 0.717) is 22.0 Å². The third-order valence-corrected chi connectivity index (χ3v) is 6.75. The average molecular weight is 456 g/mol. The minimum Gasteiger partial charge on any atom is -0.376 e. The van der Waals surface area contributed by atoms with Gasteiger partial charge in [-0.05, 0) is 53.0 Å². The summed E-state index contributed by atoms with van der Waals surface area (Å²) in [6.45, 7) is 7.51. The van der Waals surface area contributed by atoms with E-state index < -0.39 is 35.1 Å². The van der Waals surface area contributed by atoms with Gasteiger partial charge in [0.25, 0.3) is 0 Å². The van der Waals surface area contributed by atoms with E-state index in [4.69, 9.17) is 16.3 Å². The van der Waals surface area contributed by atoms with Gasteiger partial charge in [-0.1, -0.05) is 11.6 Å². The smallest absolute Gasteiger partial charge is 0.206 e. The van der Waals surface area contributed by atoms with Crippen LogP contribution in [0.25, 0.3) is 11.0 Å².